The highest BCUT2D eigenvalue weighted by Crippen LogP contribution is 2.36. The number of halogens is 1. The molecule has 0 radical (unpaired) electrons. The fourth-order valence-electron chi connectivity index (χ4n) is 2.23. The molecular formula is C18H17ClN2O5. The third-order valence-electron chi connectivity index (χ3n) is 3.39. The van der Waals surface area contributed by atoms with Crippen molar-refractivity contribution < 1.29 is 23.7 Å². The van der Waals surface area contributed by atoms with Crippen LogP contribution in [0.25, 0.3) is 0 Å². The smallest absolute Gasteiger partial charge is 0.277 e. The summed E-state index contributed by atoms with van der Waals surface area (Å²) in [4.78, 5) is 11.9. The SMILES string of the molecule is CCOc1ccccc1OCC(=O)N/N=C/c1cc2c(cc1Cl)OCO2. The second kappa shape index (κ2) is 8.44. The van der Waals surface area contributed by atoms with Gasteiger partial charge in [0.25, 0.3) is 5.91 Å². The molecule has 1 N–H and O–H groups in total. The van der Waals surface area contributed by atoms with E-state index in [0.717, 1.165) is 0 Å². The van der Waals surface area contributed by atoms with Gasteiger partial charge in [-0.1, -0.05) is 23.7 Å². The van der Waals surface area contributed by atoms with Gasteiger partial charge in [-0.05, 0) is 25.1 Å². The van der Waals surface area contributed by atoms with Gasteiger partial charge in [0.15, 0.2) is 29.6 Å². The molecule has 26 heavy (non-hydrogen) atoms. The molecule has 0 aromatic heterocycles. The molecule has 0 saturated carbocycles. The normalized spacial score (nSPS) is 12.2. The molecule has 1 aliphatic heterocycles. The van der Waals surface area contributed by atoms with Gasteiger partial charge in [0.05, 0.1) is 17.8 Å². The number of nitrogens with zero attached hydrogens (tertiary/aromatic N) is 1. The molecule has 0 atom stereocenters. The number of para-hydroxylation sites is 2. The second-order valence-electron chi connectivity index (χ2n) is 5.19. The summed E-state index contributed by atoms with van der Waals surface area (Å²) in [7, 11) is 0. The maximum atomic E-state index is 11.9. The zero-order valence-corrected chi connectivity index (χ0v) is 14.8. The number of hydrogen-bond donors (Lipinski definition) is 1. The number of carbonyl (C=O) groups is 1. The minimum Gasteiger partial charge on any atom is -0.490 e. The van der Waals surface area contributed by atoms with E-state index in [2.05, 4.69) is 10.5 Å². The highest BCUT2D eigenvalue weighted by atomic mass is 35.5. The lowest BCUT2D eigenvalue weighted by Crippen LogP contribution is -2.24. The van der Waals surface area contributed by atoms with Crippen LogP contribution >= 0.6 is 11.6 Å². The Morgan fingerprint density at radius 3 is 2.65 bits per heavy atom. The van der Waals surface area contributed by atoms with Crippen molar-refractivity contribution in [2.75, 3.05) is 20.0 Å². The molecule has 136 valence electrons. The standard InChI is InChI=1S/C18H17ClN2O5/c1-2-23-14-5-3-4-6-15(14)24-10-18(22)21-20-9-12-7-16-17(8-13(12)19)26-11-25-16/h3-9H,2,10-11H2,1H3,(H,21,22)/b20-9+. The first kappa shape index (κ1) is 17.9. The predicted octanol–water partition coefficient (Wildman–Crippen LogP) is 3.00. The van der Waals surface area contributed by atoms with Gasteiger partial charge in [0.1, 0.15) is 0 Å². The molecule has 0 bridgehead atoms. The van der Waals surface area contributed by atoms with Crippen molar-refractivity contribution in [1.29, 1.82) is 0 Å². The minimum absolute atomic E-state index is 0.156. The van der Waals surface area contributed by atoms with E-state index >= 15 is 0 Å². The van der Waals surface area contributed by atoms with E-state index in [4.69, 9.17) is 30.5 Å². The maximum Gasteiger partial charge on any atom is 0.277 e. The lowest BCUT2D eigenvalue weighted by atomic mass is 10.2. The van der Waals surface area contributed by atoms with E-state index in [-0.39, 0.29) is 13.4 Å². The van der Waals surface area contributed by atoms with Crippen LogP contribution in [0.5, 0.6) is 23.0 Å². The number of hydrogen-bond acceptors (Lipinski definition) is 6. The van der Waals surface area contributed by atoms with Gasteiger partial charge in [0, 0.05) is 11.6 Å². The van der Waals surface area contributed by atoms with Gasteiger partial charge in [-0.25, -0.2) is 5.43 Å². The van der Waals surface area contributed by atoms with Crippen molar-refractivity contribution in [1.82, 2.24) is 5.43 Å². The quantitative estimate of drug-likeness (QED) is 0.593. The van der Waals surface area contributed by atoms with Crippen LogP contribution in [0.1, 0.15) is 12.5 Å². The zero-order chi connectivity index (χ0) is 18.4. The number of benzene rings is 2. The first-order valence-corrected chi connectivity index (χ1v) is 8.31. The van der Waals surface area contributed by atoms with Crippen molar-refractivity contribution >= 4 is 23.7 Å². The van der Waals surface area contributed by atoms with Crippen molar-refractivity contribution in [2.45, 2.75) is 6.92 Å². The number of carbonyl (C=O) groups excluding carboxylic acids is 1. The number of amides is 1. The van der Waals surface area contributed by atoms with E-state index in [9.17, 15) is 4.79 Å². The summed E-state index contributed by atoms with van der Waals surface area (Å²) >= 11 is 6.13. The fraction of sp³-hybridized carbons (Fsp3) is 0.222. The Hall–Kier alpha value is -2.93. The zero-order valence-electron chi connectivity index (χ0n) is 14.0. The van der Waals surface area contributed by atoms with E-state index in [0.29, 0.717) is 40.2 Å². The Morgan fingerprint density at radius 1 is 1.23 bits per heavy atom. The molecule has 2 aromatic rings. The highest BCUT2D eigenvalue weighted by Gasteiger charge is 2.15. The molecule has 8 heteroatoms. The molecule has 2 aromatic carbocycles. The summed E-state index contributed by atoms with van der Waals surface area (Å²) in [5.41, 5.74) is 2.98. The average molecular weight is 377 g/mol. The lowest BCUT2D eigenvalue weighted by Gasteiger charge is -2.10. The average Bonchev–Trinajstić information content (AvgIpc) is 3.08. The first-order valence-electron chi connectivity index (χ1n) is 7.93. The van der Waals surface area contributed by atoms with Crippen LogP contribution in [0.3, 0.4) is 0 Å². The molecule has 1 amide bonds. The summed E-state index contributed by atoms with van der Waals surface area (Å²) in [5, 5.41) is 4.32. The van der Waals surface area contributed by atoms with Crippen molar-refractivity contribution in [3.63, 3.8) is 0 Å². The van der Waals surface area contributed by atoms with Gasteiger partial charge >= 0.3 is 0 Å². The minimum atomic E-state index is -0.413. The topological polar surface area (TPSA) is 78.4 Å². The van der Waals surface area contributed by atoms with Crippen LogP contribution in [0, 0.1) is 0 Å². The summed E-state index contributed by atoms with van der Waals surface area (Å²) < 4.78 is 21.4. The molecule has 3 rings (SSSR count). The van der Waals surface area contributed by atoms with Crippen LogP contribution in [0.2, 0.25) is 5.02 Å². The Balaban J connectivity index is 1.54. The van der Waals surface area contributed by atoms with Crippen molar-refractivity contribution in [2.24, 2.45) is 5.10 Å². The fourth-order valence-corrected chi connectivity index (χ4v) is 2.43. The highest BCUT2D eigenvalue weighted by molar-refractivity contribution is 6.33. The van der Waals surface area contributed by atoms with Gasteiger partial charge in [-0.2, -0.15) is 5.10 Å². The van der Waals surface area contributed by atoms with Crippen molar-refractivity contribution in [3.8, 4) is 23.0 Å². The molecular weight excluding hydrogens is 360 g/mol. The summed E-state index contributed by atoms with van der Waals surface area (Å²) in [5.74, 6) is 1.82. The van der Waals surface area contributed by atoms with Crippen LogP contribution in [0.15, 0.2) is 41.5 Å². The van der Waals surface area contributed by atoms with E-state index in [1.807, 2.05) is 13.0 Å². The first-order chi connectivity index (χ1) is 12.7. The van der Waals surface area contributed by atoms with Crippen LogP contribution in [-0.2, 0) is 4.79 Å². The summed E-state index contributed by atoms with van der Waals surface area (Å²) in [6.07, 6.45) is 1.43. The summed E-state index contributed by atoms with van der Waals surface area (Å²) in [6, 6.07) is 10.5. The largest absolute Gasteiger partial charge is 0.490 e. The van der Waals surface area contributed by atoms with Gasteiger partial charge in [-0.15, -0.1) is 0 Å². The third-order valence-corrected chi connectivity index (χ3v) is 3.72. The Morgan fingerprint density at radius 2 is 1.92 bits per heavy atom. The molecule has 0 aliphatic carbocycles. The number of rotatable bonds is 7. The molecule has 1 aliphatic rings. The maximum absolute atomic E-state index is 11.9. The lowest BCUT2D eigenvalue weighted by molar-refractivity contribution is -0.123. The Kier molecular flexibility index (Phi) is 5.80. The molecule has 0 spiro atoms. The molecule has 7 nitrogen and oxygen atoms in total. The molecule has 0 unspecified atom stereocenters. The van der Waals surface area contributed by atoms with E-state index in [1.165, 1.54) is 6.21 Å². The van der Waals surface area contributed by atoms with Gasteiger partial charge in [-0.3, -0.25) is 4.79 Å². The summed E-state index contributed by atoms with van der Waals surface area (Å²) in [6.45, 7) is 2.34. The van der Waals surface area contributed by atoms with Crippen LogP contribution in [0.4, 0.5) is 0 Å². The predicted molar refractivity (Wildman–Crippen MR) is 96.4 cm³/mol. The number of hydrazone groups is 1. The number of nitrogens with one attached hydrogen (secondary N) is 1. The van der Waals surface area contributed by atoms with E-state index < -0.39 is 5.91 Å². The Bertz CT molecular complexity index is 825. The van der Waals surface area contributed by atoms with Gasteiger partial charge in [0.2, 0.25) is 6.79 Å². The Labute approximate surface area is 155 Å². The number of ether oxygens (including phenoxy) is 4. The monoisotopic (exact) mass is 376 g/mol. The molecule has 1 heterocycles. The second-order valence-corrected chi connectivity index (χ2v) is 5.60. The van der Waals surface area contributed by atoms with Gasteiger partial charge < -0.3 is 18.9 Å². The third kappa shape index (κ3) is 4.37. The van der Waals surface area contributed by atoms with Crippen LogP contribution in [-0.4, -0.2) is 32.1 Å². The molecule has 0 fully saturated rings. The molecule has 0 saturated heterocycles. The van der Waals surface area contributed by atoms with E-state index in [1.54, 1.807) is 30.3 Å². The number of fused-ring (bicyclic) bond motifs is 1. The van der Waals surface area contributed by atoms with Crippen LogP contribution < -0.4 is 24.4 Å². The van der Waals surface area contributed by atoms with Crippen molar-refractivity contribution in [3.05, 3.63) is 47.0 Å².